The molecule has 5 N–H and O–H groups in total. The molecule has 0 saturated carbocycles. The Bertz CT molecular complexity index is 203. The normalized spacial score (nSPS) is 9.92. The van der Waals surface area contributed by atoms with E-state index in [2.05, 4.69) is 19.6 Å². The van der Waals surface area contributed by atoms with Crippen molar-refractivity contribution in [3.05, 3.63) is 0 Å². The molecule has 0 aromatic heterocycles. The van der Waals surface area contributed by atoms with Crippen LogP contribution in [0.25, 0.3) is 0 Å². The Hall–Kier alpha value is 0.500. The second-order valence-corrected chi connectivity index (χ2v) is 7.92. The summed E-state index contributed by atoms with van der Waals surface area (Å²) in [6.07, 6.45) is 23.2. The van der Waals surface area contributed by atoms with Crippen molar-refractivity contribution in [2.24, 2.45) is 5.92 Å². The molecular formula is C22H52Cl2N2. The van der Waals surface area contributed by atoms with Crippen molar-refractivity contribution in [3.8, 4) is 0 Å². The lowest BCUT2D eigenvalue weighted by Gasteiger charge is -2.05. The van der Waals surface area contributed by atoms with Crippen LogP contribution < -0.4 is 35.9 Å². The highest BCUT2D eigenvalue weighted by Crippen LogP contribution is 2.14. The van der Waals surface area contributed by atoms with Crippen LogP contribution in [0.15, 0.2) is 0 Å². The van der Waals surface area contributed by atoms with Crippen LogP contribution in [-0.2, 0) is 0 Å². The first-order chi connectivity index (χ1) is 11.7. The lowest BCUT2D eigenvalue weighted by Crippen LogP contribution is -3.00. The van der Waals surface area contributed by atoms with E-state index in [1.54, 1.807) is 0 Å². The van der Waals surface area contributed by atoms with Crippen LogP contribution in [0.1, 0.15) is 117 Å². The van der Waals surface area contributed by atoms with Gasteiger partial charge < -0.3 is 35.9 Å². The van der Waals surface area contributed by atoms with Crippen molar-refractivity contribution >= 4 is 0 Å². The molecule has 0 amide bonds. The zero-order chi connectivity index (χ0) is 18.3. The van der Waals surface area contributed by atoms with Crippen molar-refractivity contribution < 1.29 is 35.9 Å². The standard InChI is InChI=1S/C20H43N.C2H7N.2ClH/c1-20(2)18-16-14-12-10-8-6-4-3-5-7-9-11-13-15-17-19-21;1-3-2;;/h20H,3-19,21H2,1-2H3;3H,1-2H3;2*1H. The predicted molar refractivity (Wildman–Crippen MR) is 110 cm³/mol. The van der Waals surface area contributed by atoms with E-state index in [0.29, 0.717) is 0 Å². The molecule has 0 aliphatic rings. The summed E-state index contributed by atoms with van der Waals surface area (Å²) in [7, 11) is 4.00. The Balaban J connectivity index is -0.000000450. The van der Waals surface area contributed by atoms with Crippen LogP contribution in [-0.4, -0.2) is 20.6 Å². The van der Waals surface area contributed by atoms with Gasteiger partial charge in [-0.05, 0) is 18.8 Å². The van der Waals surface area contributed by atoms with Crippen LogP contribution >= 0.6 is 0 Å². The van der Waals surface area contributed by atoms with Gasteiger partial charge in [-0.3, -0.25) is 0 Å². The van der Waals surface area contributed by atoms with Crippen LogP contribution in [0.3, 0.4) is 0 Å². The zero-order valence-corrected chi connectivity index (χ0v) is 20.2. The molecule has 0 aromatic carbocycles. The summed E-state index contributed by atoms with van der Waals surface area (Å²) in [6.45, 7) is 5.79. The van der Waals surface area contributed by atoms with Crippen molar-refractivity contribution in [1.29, 1.82) is 0 Å². The first kappa shape index (κ1) is 34.0. The van der Waals surface area contributed by atoms with Gasteiger partial charge >= 0.3 is 0 Å². The maximum Gasteiger partial charge on any atom is 0.0739 e. The molecule has 0 aliphatic carbocycles. The van der Waals surface area contributed by atoms with Crippen LogP contribution in [0.5, 0.6) is 0 Å². The summed E-state index contributed by atoms with van der Waals surface area (Å²) in [5.74, 6) is 0.897. The molecule has 0 rings (SSSR count). The number of hydrogen-bond donors (Lipinski definition) is 2. The summed E-state index contributed by atoms with van der Waals surface area (Å²) in [6, 6.07) is 0. The molecule has 0 fully saturated rings. The minimum absolute atomic E-state index is 0. The topological polar surface area (TPSA) is 44.2 Å². The van der Waals surface area contributed by atoms with Gasteiger partial charge in [0.15, 0.2) is 0 Å². The molecule has 0 atom stereocenters. The second-order valence-electron chi connectivity index (χ2n) is 7.92. The average Bonchev–Trinajstić information content (AvgIpc) is 2.55. The van der Waals surface area contributed by atoms with Gasteiger partial charge in [0.1, 0.15) is 0 Å². The van der Waals surface area contributed by atoms with E-state index in [1.165, 1.54) is 103 Å². The van der Waals surface area contributed by atoms with Crippen molar-refractivity contribution in [2.45, 2.75) is 117 Å². The fraction of sp³-hybridized carbons (Fsp3) is 1.00. The molecular weight excluding hydrogens is 363 g/mol. The Morgan fingerprint density at radius 3 is 1.00 bits per heavy atom. The van der Waals surface area contributed by atoms with Gasteiger partial charge in [0.25, 0.3) is 0 Å². The maximum absolute atomic E-state index is 3.90. The molecule has 164 valence electrons. The Morgan fingerprint density at radius 2 is 0.769 bits per heavy atom. The molecule has 0 radical (unpaired) electrons. The Morgan fingerprint density at radius 1 is 0.538 bits per heavy atom. The quantitative estimate of drug-likeness (QED) is 0.285. The molecule has 4 heteroatoms. The smallest absolute Gasteiger partial charge is 0.0739 e. The molecule has 0 unspecified atom stereocenters. The minimum atomic E-state index is 0. The van der Waals surface area contributed by atoms with Crippen molar-refractivity contribution in [3.63, 3.8) is 0 Å². The first-order valence-electron chi connectivity index (χ1n) is 11.2. The van der Waals surface area contributed by atoms with E-state index in [1.807, 2.05) is 19.4 Å². The molecule has 0 aliphatic heterocycles. The number of unbranched alkanes of at least 4 members (excludes halogenated alkanes) is 14. The van der Waals surface area contributed by atoms with E-state index < -0.39 is 0 Å². The molecule has 0 heterocycles. The summed E-state index contributed by atoms with van der Waals surface area (Å²) >= 11 is 0. The van der Waals surface area contributed by atoms with Crippen LogP contribution in [0, 0.1) is 5.92 Å². The molecule has 26 heavy (non-hydrogen) atoms. The third kappa shape index (κ3) is 39.5. The van der Waals surface area contributed by atoms with E-state index in [0.717, 1.165) is 12.5 Å². The van der Waals surface area contributed by atoms with E-state index in [-0.39, 0.29) is 24.8 Å². The lowest BCUT2D eigenvalue weighted by atomic mass is 10.0. The molecule has 0 bridgehead atoms. The SMILES string of the molecule is CC(C)CCCCCCCCCCCCCCCCC[NH3+].C[NH2+]C.[Cl-].[Cl-]. The number of rotatable bonds is 17. The number of quaternary nitrogens is 2. The highest BCUT2D eigenvalue weighted by atomic mass is 35.5. The van der Waals surface area contributed by atoms with Gasteiger partial charge in [-0.15, -0.1) is 0 Å². The van der Waals surface area contributed by atoms with E-state index in [4.69, 9.17) is 0 Å². The molecule has 2 nitrogen and oxygen atoms in total. The maximum atomic E-state index is 3.90. The van der Waals surface area contributed by atoms with Crippen molar-refractivity contribution in [1.82, 2.24) is 0 Å². The van der Waals surface area contributed by atoms with Gasteiger partial charge in [0.2, 0.25) is 0 Å². The summed E-state index contributed by atoms with van der Waals surface area (Å²) < 4.78 is 0. The van der Waals surface area contributed by atoms with Gasteiger partial charge in [-0.1, -0.05) is 104 Å². The lowest BCUT2D eigenvalue weighted by molar-refractivity contribution is -0.597. The fourth-order valence-electron chi connectivity index (χ4n) is 3.03. The van der Waals surface area contributed by atoms with Gasteiger partial charge in [-0.2, -0.15) is 0 Å². The average molecular weight is 416 g/mol. The van der Waals surface area contributed by atoms with Crippen molar-refractivity contribution in [2.75, 3.05) is 20.6 Å². The second kappa shape index (κ2) is 33.1. The van der Waals surface area contributed by atoms with Crippen LogP contribution in [0.4, 0.5) is 0 Å². The third-order valence-electron chi connectivity index (χ3n) is 4.53. The van der Waals surface area contributed by atoms with Gasteiger partial charge in [0.05, 0.1) is 20.6 Å². The highest BCUT2D eigenvalue weighted by molar-refractivity contribution is 4.51. The summed E-state index contributed by atoms with van der Waals surface area (Å²) in [5.41, 5.74) is 3.90. The third-order valence-corrected chi connectivity index (χ3v) is 4.53. The van der Waals surface area contributed by atoms with Gasteiger partial charge in [0, 0.05) is 0 Å². The summed E-state index contributed by atoms with van der Waals surface area (Å²) in [4.78, 5) is 0. The fourth-order valence-corrected chi connectivity index (χ4v) is 3.03. The van der Waals surface area contributed by atoms with E-state index >= 15 is 0 Å². The predicted octanol–water partition coefficient (Wildman–Crippen LogP) is -1.06. The van der Waals surface area contributed by atoms with Crippen LogP contribution in [0.2, 0.25) is 0 Å². The zero-order valence-electron chi connectivity index (χ0n) is 18.6. The number of nitrogens with two attached hydrogens (primary N) is 1. The summed E-state index contributed by atoms with van der Waals surface area (Å²) in [5, 5.41) is 2.00. The molecule has 0 spiro atoms. The largest absolute Gasteiger partial charge is 1.00 e. The van der Waals surface area contributed by atoms with Gasteiger partial charge in [-0.25, -0.2) is 0 Å². The molecule has 0 saturated heterocycles. The Labute approximate surface area is 179 Å². The highest BCUT2D eigenvalue weighted by Gasteiger charge is 1.96. The minimum Gasteiger partial charge on any atom is -1.00 e. The van der Waals surface area contributed by atoms with E-state index in [9.17, 15) is 0 Å². The Kier molecular flexibility index (Phi) is 43.3. The first-order valence-corrected chi connectivity index (χ1v) is 11.2. The number of hydrogen-bond acceptors (Lipinski definition) is 0. The molecule has 0 aromatic rings. The number of halogens is 2. The monoisotopic (exact) mass is 414 g/mol.